The molecule has 2 aromatic heterocycles. The van der Waals surface area contributed by atoms with Gasteiger partial charge in [0.2, 0.25) is 5.95 Å². The average molecular weight is 325 g/mol. The molecule has 2 N–H and O–H groups in total. The van der Waals surface area contributed by atoms with Gasteiger partial charge in [-0.15, -0.1) is 0 Å². The number of rotatable bonds is 4. The highest BCUT2D eigenvalue weighted by molar-refractivity contribution is 5.78. The fourth-order valence-electron chi connectivity index (χ4n) is 3.47. The molecular weight excluding hydrogens is 306 g/mol. The molecule has 2 aliphatic rings. The van der Waals surface area contributed by atoms with Crippen molar-refractivity contribution in [3.63, 3.8) is 0 Å². The van der Waals surface area contributed by atoms with E-state index in [0.717, 1.165) is 48.6 Å². The van der Waals surface area contributed by atoms with Crippen LogP contribution in [0.5, 0.6) is 0 Å². The minimum atomic E-state index is -0.809. The number of aromatic nitrogens is 3. The Kier molecular flexibility index (Phi) is 3.76. The summed E-state index contributed by atoms with van der Waals surface area (Å²) in [6.07, 6.45) is 6.11. The maximum atomic E-state index is 11.5. The Hall–Kier alpha value is -2.70. The first-order chi connectivity index (χ1) is 11.7. The zero-order valence-electron chi connectivity index (χ0n) is 13.3. The second kappa shape index (κ2) is 6.07. The van der Waals surface area contributed by atoms with Crippen LogP contribution in [0, 0.1) is 0 Å². The van der Waals surface area contributed by atoms with E-state index >= 15 is 0 Å². The maximum absolute atomic E-state index is 11.5. The Morgan fingerprint density at radius 2 is 2.17 bits per heavy atom. The van der Waals surface area contributed by atoms with Crippen molar-refractivity contribution in [2.24, 2.45) is 0 Å². The number of nitrogens with zero attached hydrogens (tertiary/aromatic N) is 4. The van der Waals surface area contributed by atoms with Gasteiger partial charge in [0.1, 0.15) is 17.7 Å². The molecule has 0 aromatic carbocycles. The molecule has 2 aromatic rings. The lowest BCUT2D eigenvalue weighted by atomic mass is 10.2. The Morgan fingerprint density at radius 3 is 2.96 bits per heavy atom. The minimum absolute atomic E-state index is 0.513. The molecule has 0 radical (unpaired) electrons. The molecule has 4 rings (SSSR count). The van der Waals surface area contributed by atoms with Crippen LogP contribution in [0.15, 0.2) is 24.4 Å². The molecular formula is C17H19N5O2. The summed E-state index contributed by atoms with van der Waals surface area (Å²) in [5, 5.41) is 12.7. The zero-order valence-corrected chi connectivity index (χ0v) is 13.3. The smallest absolute Gasteiger partial charge is 0.326 e. The van der Waals surface area contributed by atoms with Crippen LogP contribution < -0.4 is 10.2 Å². The number of carbonyl (C=O) groups is 1. The molecule has 1 fully saturated rings. The molecule has 7 heteroatoms. The summed E-state index contributed by atoms with van der Waals surface area (Å²) in [6, 6.07) is 5.13. The Balaban J connectivity index is 1.71. The van der Waals surface area contributed by atoms with Gasteiger partial charge in [-0.3, -0.25) is 0 Å². The molecule has 1 atom stereocenters. The molecule has 3 heterocycles. The SMILES string of the molecule is O=C(O)[C@@H]1CCCN1c1nc2c(c(Nc3ccccn3)n1)CCC2. The van der Waals surface area contributed by atoms with Crippen LogP contribution in [0.4, 0.5) is 17.6 Å². The van der Waals surface area contributed by atoms with Crippen molar-refractivity contribution in [2.45, 2.75) is 38.1 Å². The van der Waals surface area contributed by atoms with E-state index in [2.05, 4.69) is 20.3 Å². The van der Waals surface area contributed by atoms with E-state index in [0.29, 0.717) is 18.9 Å². The van der Waals surface area contributed by atoms with Gasteiger partial charge >= 0.3 is 5.97 Å². The maximum Gasteiger partial charge on any atom is 0.326 e. The molecule has 0 bridgehead atoms. The second-order valence-electron chi connectivity index (χ2n) is 6.18. The summed E-state index contributed by atoms with van der Waals surface area (Å²) in [5.41, 5.74) is 2.14. The number of hydrogen-bond donors (Lipinski definition) is 2. The molecule has 1 saturated heterocycles. The lowest BCUT2D eigenvalue weighted by Gasteiger charge is -2.23. The second-order valence-corrected chi connectivity index (χ2v) is 6.18. The van der Waals surface area contributed by atoms with Gasteiger partial charge in [0.15, 0.2) is 0 Å². The predicted molar refractivity (Wildman–Crippen MR) is 89.6 cm³/mol. The third-order valence-corrected chi connectivity index (χ3v) is 4.63. The van der Waals surface area contributed by atoms with Crippen molar-refractivity contribution in [3.8, 4) is 0 Å². The van der Waals surface area contributed by atoms with Crippen molar-refractivity contribution < 1.29 is 9.90 Å². The standard InChI is InChI=1S/C17H19N5O2/c23-16(24)13-7-4-10-22(13)17-19-12-6-3-5-11(12)15(21-17)20-14-8-1-2-9-18-14/h1-2,8-9,13H,3-7,10H2,(H,23,24)(H,18,19,20,21)/t13-/m0/s1. The van der Waals surface area contributed by atoms with Crippen molar-refractivity contribution in [2.75, 3.05) is 16.8 Å². The molecule has 124 valence electrons. The summed E-state index contributed by atoms with van der Waals surface area (Å²) in [7, 11) is 0. The molecule has 7 nitrogen and oxygen atoms in total. The van der Waals surface area contributed by atoms with E-state index in [9.17, 15) is 9.90 Å². The van der Waals surface area contributed by atoms with Crippen molar-refractivity contribution in [1.82, 2.24) is 15.0 Å². The molecule has 0 amide bonds. The first-order valence-corrected chi connectivity index (χ1v) is 8.29. The molecule has 24 heavy (non-hydrogen) atoms. The number of aryl methyl sites for hydroxylation is 1. The quantitative estimate of drug-likeness (QED) is 0.890. The van der Waals surface area contributed by atoms with E-state index in [4.69, 9.17) is 0 Å². The van der Waals surface area contributed by atoms with Crippen LogP contribution in [0.2, 0.25) is 0 Å². The van der Waals surface area contributed by atoms with Gasteiger partial charge in [-0.25, -0.2) is 14.8 Å². The fraction of sp³-hybridized carbons (Fsp3) is 0.412. The van der Waals surface area contributed by atoms with Crippen LogP contribution in [0.25, 0.3) is 0 Å². The van der Waals surface area contributed by atoms with E-state index < -0.39 is 12.0 Å². The highest BCUT2D eigenvalue weighted by atomic mass is 16.4. The van der Waals surface area contributed by atoms with Gasteiger partial charge in [0.25, 0.3) is 0 Å². The molecule has 0 unspecified atom stereocenters. The van der Waals surface area contributed by atoms with Gasteiger partial charge in [-0.1, -0.05) is 6.07 Å². The van der Waals surface area contributed by atoms with Crippen LogP contribution in [0.1, 0.15) is 30.5 Å². The third kappa shape index (κ3) is 2.66. The van der Waals surface area contributed by atoms with Crippen LogP contribution in [-0.4, -0.2) is 38.6 Å². The average Bonchev–Trinajstić information content (AvgIpc) is 3.25. The molecule has 0 saturated carbocycles. The topological polar surface area (TPSA) is 91.2 Å². The zero-order chi connectivity index (χ0) is 16.5. The lowest BCUT2D eigenvalue weighted by molar-refractivity contribution is -0.138. The summed E-state index contributed by atoms with van der Waals surface area (Å²) >= 11 is 0. The number of nitrogens with one attached hydrogen (secondary N) is 1. The largest absolute Gasteiger partial charge is 0.480 e. The van der Waals surface area contributed by atoms with Crippen molar-refractivity contribution in [1.29, 1.82) is 0 Å². The monoisotopic (exact) mass is 325 g/mol. The van der Waals surface area contributed by atoms with E-state index in [-0.39, 0.29) is 0 Å². The highest BCUT2D eigenvalue weighted by Crippen LogP contribution is 2.32. The van der Waals surface area contributed by atoms with E-state index in [1.807, 2.05) is 23.1 Å². The van der Waals surface area contributed by atoms with Crippen LogP contribution >= 0.6 is 0 Å². The van der Waals surface area contributed by atoms with Gasteiger partial charge in [0, 0.05) is 18.3 Å². The summed E-state index contributed by atoms with van der Waals surface area (Å²) in [4.78, 5) is 26.9. The number of pyridine rings is 1. The molecule has 0 spiro atoms. The Morgan fingerprint density at radius 1 is 1.25 bits per heavy atom. The first kappa shape index (κ1) is 14.9. The summed E-state index contributed by atoms with van der Waals surface area (Å²) in [6.45, 7) is 0.679. The minimum Gasteiger partial charge on any atom is -0.480 e. The highest BCUT2D eigenvalue weighted by Gasteiger charge is 2.33. The van der Waals surface area contributed by atoms with Gasteiger partial charge in [0.05, 0.1) is 5.69 Å². The number of hydrogen-bond acceptors (Lipinski definition) is 6. The lowest BCUT2D eigenvalue weighted by Crippen LogP contribution is -2.37. The van der Waals surface area contributed by atoms with E-state index in [1.165, 1.54) is 0 Å². The number of carboxylic acids is 1. The Bertz CT molecular complexity index is 765. The molecule has 1 aliphatic carbocycles. The van der Waals surface area contributed by atoms with Crippen LogP contribution in [-0.2, 0) is 17.6 Å². The first-order valence-electron chi connectivity index (χ1n) is 8.29. The number of aliphatic carboxylic acids is 1. The van der Waals surface area contributed by atoms with Gasteiger partial charge in [-0.2, -0.15) is 4.98 Å². The number of anilines is 3. The van der Waals surface area contributed by atoms with Gasteiger partial charge < -0.3 is 15.3 Å². The fourth-order valence-corrected chi connectivity index (χ4v) is 3.47. The van der Waals surface area contributed by atoms with E-state index in [1.54, 1.807) is 6.20 Å². The number of fused-ring (bicyclic) bond motifs is 1. The van der Waals surface area contributed by atoms with Crippen molar-refractivity contribution >= 4 is 23.6 Å². The predicted octanol–water partition coefficient (Wildman–Crippen LogP) is 2.16. The number of carboxylic acid groups (broad SMARTS) is 1. The van der Waals surface area contributed by atoms with Gasteiger partial charge in [-0.05, 0) is 44.2 Å². The van der Waals surface area contributed by atoms with Crippen molar-refractivity contribution in [3.05, 3.63) is 35.7 Å². The summed E-state index contributed by atoms with van der Waals surface area (Å²) < 4.78 is 0. The Labute approximate surface area is 139 Å². The third-order valence-electron chi connectivity index (χ3n) is 4.63. The normalized spacial score (nSPS) is 19.3. The summed E-state index contributed by atoms with van der Waals surface area (Å²) in [5.74, 6) is 1.18. The van der Waals surface area contributed by atoms with Crippen LogP contribution in [0.3, 0.4) is 0 Å². The molecule has 1 aliphatic heterocycles.